The Morgan fingerprint density at radius 1 is 1.45 bits per heavy atom. The summed E-state index contributed by atoms with van der Waals surface area (Å²) in [7, 11) is 0. The third-order valence-corrected chi connectivity index (χ3v) is 3.62. The van der Waals surface area contributed by atoms with Crippen LogP contribution in [0.4, 0.5) is 0 Å². The number of carbonyl (C=O) groups excluding carboxylic acids is 1. The molecule has 1 aromatic heterocycles. The van der Waals surface area contributed by atoms with Crippen LogP contribution in [0.1, 0.15) is 16.3 Å². The minimum atomic E-state index is -0.162. The first kappa shape index (κ1) is 16.0. The van der Waals surface area contributed by atoms with Gasteiger partial charge >= 0.3 is 0 Å². The van der Waals surface area contributed by atoms with Crippen molar-refractivity contribution in [3.63, 3.8) is 0 Å². The molecular weight excluding hydrogens is 296 g/mol. The molecule has 114 valence electrons. The molecule has 0 fully saturated rings. The van der Waals surface area contributed by atoms with Crippen molar-refractivity contribution in [2.45, 2.75) is 13.5 Å². The van der Waals surface area contributed by atoms with Gasteiger partial charge in [0.2, 0.25) is 5.91 Å². The first-order chi connectivity index (χ1) is 10.7. The molecule has 0 saturated carbocycles. The van der Waals surface area contributed by atoms with Gasteiger partial charge in [-0.3, -0.25) is 4.79 Å². The Morgan fingerprint density at radius 2 is 2.27 bits per heavy atom. The Morgan fingerprint density at radius 3 is 3.00 bits per heavy atom. The minimum Gasteiger partial charge on any atom is -0.487 e. The summed E-state index contributed by atoms with van der Waals surface area (Å²) < 4.78 is 5.79. The second-order valence-electron chi connectivity index (χ2n) is 4.55. The molecule has 22 heavy (non-hydrogen) atoms. The van der Waals surface area contributed by atoms with Crippen LogP contribution in [0.15, 0.2) is 48.4 Å². The van der Waals surface area contributed by atoms with Gasteiger partial charge in [0, 0.05) is 23.6 Å². The number of aryl methyl sites for hydroxylation is 1. The van der Waals surface area contributed by atoms with Crippen molar-refractivity contribution in [2.24, 2.45) is 0 Å². The summed E-state index contributed by atoms with van der Waals surface area (Å²) in [5.74, 6) is 0.561. The zero-order valence-corrected chi connectivity index (χ0v) is 13.2. The van der Waals surface area contributed by atoms with E-state index in [0.717, 1.165) is 22.0 Å². The maximum Gasteiger partial charge on any atom is 0.244 e. The van der Waals surface area contributed by atoms with Crippen molar-refractivity contribution in [3.05, 3.63) is 64.6 Å². The number of carbonyl (C=O) groups is 1. The van der Waals surface area contributed by atoms with Gasteiger partial charge in [-0.1, -0.05) is 24.3 Å². The molecule has 0 unspecified atom stereocenters. The van der Waals surface area contributed by atoms with Crippen molar-refractivity contribution < 1.29 is 9.53 Å². The Labute approximate surface area is 134 Å². The summed E-state index contributed by atoms with van der Waals surface area (Å²) in [6.07, 6.45) is 4.86. The molecule has 0 aliphatic carbocycles. The van der Waals surface area contributed by atoms with E-state index in [2.05, 4.69) is 16.9 Å². The molecule has 1 aromatic carbocycles. The van der Waals surface area contributed by atoms with Gasteiger partial charge in [0.15, 0.2) is 0 Å². The van der Waals surface area contributed by atoms with E-state index in [1.807, 2.05) is 36.6 Å². The van der Waals surface area contributed by atoms with Gasteiger partial charge in [-0.15, -0.1) is 17.9 Å². The van der Waals surface area contributed by atoms with Gasteiger partial charge < -0.3 is 10.1 Å². The highest BCUT2D eigenvalue weighted by atomic mass is 32.1. The lowest BCUT2D eigenvalue weighted by molar-refractivity contribution is -0.116. The van der Waals surface area contributed by atoms with E-state index in [4.69, 9.17) is 4.74 Å². The summed E-state index contributed by atoms with van der Waals surface area (Å²) in [4.78, 5) is 15.9. The third kappa shape index (κ3) is 4.86. The molecule has 2 aromatic rings. The summed E-state index contributed by atoms with van der Waals surface area (Å²) in [5.41, 5.74) is 1.76. The third-order valence-electron chi connectivity index (χ3n) is 2.80. The maximum absolute atomic E-state index is 11.6. The number of para-hydroxylation sites is 1. The predicted molar refractivity (Wildman–Crippen MR) is 89.9 cm³/mol. The molecule has 4 nitrogen and oxygen atoms in total. The van der Waals surface area contributed by atoms with Crippen LogP contribution in [-0.4, -0.2) is 17.4 Å². The van der Waals surface area contributed by atoms with E-state index in [9.17, 15) is 4.79 Å². The Kier molecular flexibility index (Phi) is 5.91. The van der Waals surface area contributed by atoms with E-state index in [-0.39, 0.29) is 5.91 Å². The highest BCUT2D eigenvalue weighted by Crippen LogP contribution is 2.21. The van der Waals surface area contributed by atoms with Crippen LogP contribution in [0, 0.1) is 6.92 Å². The summed E-state index contributed by atoms with van der Waals surface area (Å²) in [6, 6.07) is 7.58. The average molecular weight is 314 g/mol. The molecule has 0 bridgehead atoms. The van der Waals surface area contributed by atoms with E-state index < -0.39 is 0 Å². The number of benzene rings is 1. The molecule has 0 spiro atoms. The van der Waals surface area contributed by atoms with Crippen LogP contribution < -0.4 is 10.1 Å². The quantitative estimate of drug-likeness (QED) is 0.630. The van der Waals surface area contributed by atoms with Gasteiger partial charge in [-0.25, -0.2) is 4.98 Å². The Balaban J connectivity index is 2.01. The number of amides is 1. The number of hydrogen-bond donors (Lipinski definition) is 1. The molecule has 1 amide bonds. The second kappa shape index (κ2) is 8.14. The fourth-order valence-electron chi connectivity index (χ4n) is 1.77. The van der Waals surface area contributed by atoms with Crippen molar-refractivity contribution in [2.75, 3.05) is 6.54 Å². The van der Waals surface area contributed by atoms with Crippen LogP contribution >= 0.6 is 11.3 Å². The smallest absolute Gasteiger partial charge is 0.244 e. The zero-order chi connectivity index (χ0) is 15.8. The van der Waals surface area contributed by atoms with Crippen LogP contribution in [-0.2, 0) is 11.4 Å². The molecule has 1 N–H and O–H groups in total. The lowest BCUT2D eigenvalue weighted by Crippen LogP contribution is -2.20. The van der Waals surface area contributed by atoms with Crippen molar-refractivity contribution >= 4 is 23.3 Å². The number of aromatic nitrogens is 1. The molecule has 0 radical (unpaired) electrons. The first-order valence-corrected chi connectivity index (χ1v) is 7.76. The molecule has 0 aliphatic heterocycles. The number of thiazole rings is 1. The van der Waals surface area contributed by atoms with Gasteiger partial charge in [-0.05, 0) is 19.1 Å². The predicted octanol–water partition coefficient (Wildman–Crippen LogP) is 3.35. The molecule has 0 saturated heterocycles. The SMILES string of the molecule is C=CCNC(=O)/C=C/c1ccccc1OCc1csc(C)n1. The highest BCUT2D eigenvalue weighted by Gasteiger charge is 2.03. The summed E-state index contributed by atoms with van der Waals surface area (Å²) in [5, 5.41) is 5.69. The van der Waals surface area contributed by atoms with Gasteiger partial charge in [0.25, 0.3) is 0 Å². The largest absolute Gasteiger partial charge is 0.487 e. The highest BCUT2D eigenvalue weighted by molar-refractivity contribution is 7.09. The van der Waals surface area contributed by atoms with E-state index in [1.165, 1.54) is 6.08 Å². The molecular formula is C17H18N2O2S. The fraction of sp³-hybridized carbons (Fsp3) is 0.176. The van der Waals surface area contributed by atoms with Crippen LogP contribution in [0.5, 0.6) is 5.75 Å². The summed E-state index contributed by atoms with van der Waals surface area (Å²) >= 11 is 1.60. The van der Waals surface area contributed by atoms with Crippen molar-refractivity contribution in [1.29, 1.82) is 0 Å². The van der Waals surface area contributed by atoms with E-state index in [0.29, 0.717) is 13.2 Å². The molecule has 5 heteroatoms. The minimum absolute atomic E-state index is 0.162. The van der Waals surface area contributed by atoms with Crippen molar-refractivity contribution in [1.82, 2.24) is 10.3 Å². The average Bonchev–Trinajstić information content (AvgIpc) is 2.95. The molecule has 0 atom stereocenters. The molecule has 2 rings (SSSR count). The molecule has 0 aliphatic rings. The normalized spacial score (nSPS) is 10.6. The second-order valence-corrected chi connectivity index (χ2v) is 5.61. The summed E-state index contributed by atoms with van der Waals surface area (Å²) in [6.45, 7) is 6.38. The van der Waals surface area contributed by atoms with E-state index >= 15 is 0 Å². The number of nitrogens with zero attached hydrogens (tertiary/aromatic N) is 1. The first-order valence-electron chi connectivity index (χ1n) is 6.88. The zero-order valence-electron chi connectivity index (χ0n) is 12.4. The number of hydrogen-bond acceptors (Lipinski definition) is 4. The lowest BCUT2D eigenvalue weighted by Gasteiger charge is -2.07. The monoisotopic (exact) mass is 314 g/mol. The van der Waals surface area contributed by atoms with Gasteiger partial charge in [0.05, 0.1) is 10.7 Å². The number of rotatable bonds is 7. The maximum atomic E-state index is 11.6. The lowest BCUT2D eigenvalue weighted by atomic mass is 10.2. The number of ether oxygens (including phenoxy) is 1. The van der Waals surface area contributed by atoms with Crippen molar-refractivity contribution in [3.8, 4) is 5.75 Å². The van der Waals surface area contributed by atoms with Crippen LogP contribution in [0.3, 0.4) is 0 Å². The van der Waals surface area contributed by atoms with Gasteiger partial charge in [0.1, 0.15) is 12.4 Å². The van der Waals surface area contributed by atoms with Gasteiger partial charge in [-0.2, -0.15) is 0 Å². The van der Waals surface area contributed by atoms with Crippen LogP contribution in [0.2, 0.25) is 0 Å². The van der Waals surface area contributed by atoms with Crippen LogP contribution in [0.25, 0.3) is 6.08 Å². The number of nitrogens with one attached hydrogen (secondary N) is 1. The standard InChI is InChI=1S/C17H18N2O2S/c1-3-10-18-17(20)9-8-14-6-4-5-7-16(14)21-11-15-12-22-13(2)19-15/h3-9,12H,1,10-11H2,2H3,(H,18,20)/b9-8+. The van der Waals surface area contributed by atoms with E-state index in [1.54, 1.807) is 23.5 Å². The Hall–Kier alpha value is -2.40. The Bertz CT molecular complexity index is 677. The molecule has 1 heterocycles. The fourth-order valence-corrected chi connectivity index (χ4v) is 2.37. The topological polar surface area (TPSA) is 51.2 Å².